The van der Waals surface area contributed by atoms with Crippen LogP contribution in [0.1, 0.15) is 78.8 Å². The lowest BCUT2D eigenvalue weighted by molar-refractivity contribution is -0.126. The number of benzene rings is 3. The highest BCUT2D eigenvalue weighted by molar-refractivity contribution is 8.76. The molecule has 0 atom stereocenters. The highest BCUT2D eigenvalue weighted by Crippen LogP contribution is 2.38. The first-order valence-corrected chi connectivity index (χ1v) is 27.5. The standard InChI is InChI=1S/C52H62Cl2N12O7S2/c1-4-60-51(70)49-64-63-48(40-24-38(32(2)3)46(67)25-47(40)68)66(49)36-8-5-33(6-9-36)30-65-18-13-35(14-19-65)50(69)61-16-21-74-75-22-17-62-52(71)72-20-15-58-27-34(26-55)7-11-44(56)39-23-37(10-12-45(39)57)73-31-41-42(53)28-59-29-43(41)54/h5-10,12,23-29,32,35,55-56,67-68H,4,11,13-22,30-31,57H2,1-3H3,(H,60,70)(H,61,69)(H,62,71)/b34-7+,55-26?,56-44?,58-27?. The van der Waals surface area contributed by atoms with Crippen LogP contribution in [0.2, 0.25) is 10.0 Å². The number of phenolic OH excluding ortho intramolecular Hbond substituents is 2. The number of phenols is 2. The summed E-state index contributed by atoms with van der Waals surface area (Å²) in [6.45, 7) is 9.59. The van der Waals surface area contributed by atoms with E-state index in [-0.39, 0.29) is 72.8 Å². The van der Waals surface area contributed by atoms with Gasteiger partial charge in [-0.05, 0) is 86.3 Å². The summed E-state index contributed by atoms with van der Waals surface area (Å²) in [5.41, 5.74) is 11.0. The Hall–Kier alpha value is -6.65. The van der Waals surface area contributed by atoms with Crippen LogP contribution in [0.4, 0.5) is 10.5 Å². The summed E-state index contributed by atoms with van der Waals surface area (Å²) in [5, 5.41) is 55.5. The molecule has 1 saturated heterocycles. The first-order chi connectivity index (χ1) is 36.2. The second-order valence-corrected chi connectivity index (χ2v) is 21.0. The Labute approximate surface area is 453 Å². The molecule has 6 rings (SSSR count). The molecular formula is C52H62Cl2N12O7S2. The van der Waals surface area contributed by atoms with Crippen LogP contribution in [0.5, 0.6) is 17.2 Å². The summed E-state index contributed by atoms with van der Waals surface area (Å²) in [6, 6.07) is 15.7. The molecule has 0 bridgehead atoms. The van der Waals surface area contributed by atoms with Gasteiger partial charge in [0.15, 0.2) is 5.82 Å². The number of carbonyl (C=O) groups excluding carboxylic acids is 3. The number of aromatic hydroxyl groups is 2. The van der Waals surface area contributed by atoms with E-state index in [9.17, 15) is 24.6 Å². The van der Waals surface area contributed by atoms with E-state index in [0.29, 0.717) is 92.7 Å². The molecule has 9 N–H and O–H groups in total. The number of likely N-dealkylation sites (tertiary alicyclic amines) is 1. The van der Waals surface area contributed by atoms with E-state index in [1.807, 2.05) is 45.0 Å². The van der Waals surface area contributed by atoms with Crippen molar-refractivity contribution in [3.63, 3.8) is 0 Å². The second kappa shape index (κ2) is 28.9. The molecule has 0 spiro atoms. The van der Waals surface area contributed by atoms with E-state index in [2.05, 4.69) is 41.0 Å². The van der Waals surface area contributed by atoms with E-state index in [4.69, 9.17) is 49.2 Å². The molecule has 0 radical (unpaired) electrons. The number of carbonyl (C=O) groups is 3. The monoisotopic (exact) mass is 1100 g/mol. The number of nitrogens with one attached hydrogen (secondary N) is 5. The molecule has 1 aliphatic heterocycles. The number of hydrogen-bond acceptors (Lipinski definition) is 17. The summed E-state index contributed by atoms with van der Waals surface area (Å²) < 4.78 is 12.7. The fraction of sp³-hybridized carbons (Fsp3) is 0.365. The van der Waals surface area contributed by atoms with Gasteiger partial charge in [-0.25, -0.2) is 4.79 Å². The van der Waals surface area contributed by atoms with Crippen LogP contribution < -0.4 is 26.4 Å². The van der Waals surface area contributed by atoms with Crippen LogP contribution in [-0.2, 0) is 22.7 Å². The van der Waals surface area contributed by atoms with Crippen molar-refractivity contribution in [1.29, 1.82) is 10.8 Å². The lowest BCUT2D eigenvalue weighted by atomic mass is 9.95. The van der Waals surface area contributed by atoms with Crippen molar-refractivity contribution >= 4 is 86.5 Å². The fourth-order valence-corrected chi connectivity index (χ4v) is 10.2. The molecule has 1 fully saturated rings. The largest absolute Gasteiger partial charge is 0.508 e. The number of nitrogens with zero attached hydrogens (tertiary/aromatic N) is 6. The average Bonchev–Trinajstić information content (AvgIpc) is 3.83. The molecule has 3 amide bonds. The summed E-state index contributed by atoms with van der Waals surface area (Å²) in [4.78, 5) is 48.8. The predicted molar refractivity (Wildman–Crippen MR) is 299 cm³/mol. The summed E-state index contributed by atoms with van der Waals surface area (Å²) in [7, 11) is 3.20. The van der Waals surface area contributed by atoms with Crippen LogP contribution in [0.25, 0.3) is 17.1 Å². The molecule has 2 aromatic heterocycles. The van der Waals surface area contributed by atoms with Gasteiger partial charge in [-0.1, -0.05) is 76.8 Å². The number of aromatic nitrogens is 4. The third-order valence-electron chi connectivity index (χ3n) is 11.9. The number of nitrogens with two attached hydrogens (primary N) is 1. The maximum Gasteiger partial charge on any atom is 0.407 e. The van der Waals surface area contributed by atoms with Gasteiger partial charge in [-0.15, -0.1) is 10.2 Å². The van der Waals surface area contributed by atoms with Crippen LogP contribution in [0, 0.1) is 16.7 Å². The minimum absolute atomic E-state index is 0.0255. The Kier molecular flexibility index (Phi) is 22.2. The molecule has 23 heteroatoms. The second-order valence-electron chi connectivity index (χ2n) is 17.5. The third-order valence-corrected chi connectivity index (χ3v) is 14.9. The zero-order valence-electron chi connectivity index (χ0n) is 41.9. The van der Waals surface area contributed by atoms with Gasteiger partial charge in [0.05, 0.1) is 22.2 Å². The van der Waals surface area contributed by atoms with Crippen LogP contribution in [0.3, 0.4) is 0 Å². The Morgan fingerprint density at radius 1 is 0.960 bits per heavy atom. The molecule has 0 saturated carbocycles. The van der Waals surface area contributed by atoms with Crippen molar-refractivity contribution in [3.05, 3.63) is 117 Å². The number of pyridine rings is 1. The lowest BCUT2D eigenvalue weighted by Crippen LogP contribution is -2.40. The molecular weight excluding hydrogens is 1040 g/mol. The summed E-state index contributed by atoms with van der Waals surface area (Å²) in [6.07, 6.45) is 8.37. The van der Waals surface area contributed by atoms with Gasteiger partial charge in [0, 0.05) is 115 Å². The quantitative estimate of drug-likeness (QED) is 0.0111. The molecule has 3 aromatic carbocycles. The van der Waals surface area contributed by atoms with Crippen LogP contribution in [-0.4, -0.2) is 128 Å². The number of alkyl carbamates (subject to hydrolysis) is 1. The van der Waals surface area contributed by atoms with Crippen molar-refractivity contribution in [3.8, 4) is 34.3 Å². The van der Waals surface area contributed by atoms with Crippen molar-refractivity contribution in [2.75, 3.05) is 63.1 Å². The zero-order valence-corrected chi connectivity index (χ0v) is 45.1. The number of allylic oxidation sites excluding steroid dienone is 2. The lowest BCUT2D eigenvalue weighted by Gasteiger charge is -2.31. The SMILES string of the molecule is CCNC(=O)c1nnc(-c2cc(C(C)C)c(O)cc2O)n1-c1ccc(CN2CCC(C(=O)NCCSSCCNC(=O)OCCN=C/C(C=N)=C/CC(=N)c3cc(OCc4c(Cl)cncc4Cl)ccc3N)CC2)cc1. The maximum atomic E-state index is 13.1. The highest BCUT2D eigenvalue weighted by atomic mass is 35.5. The molecule has 1 aliphatic rings. The fourth-order valence-electron chi connectivity index (χ4n) is 7.87. The van der Waals surface area contributed by atoms with E-state index >= 15 is 0 Å². The van der Waals surface area contributed by atoms with Gasteiger partial charge < -0.3 is 52.2 Å². The number of ether oxygens (including phenoxy) is 2. The Morgan fingerprint density at radius 3 is 2.35 bits per heavy atom. The van der Waals surface area contributed by atoms with E-state index < -0.39 is 12.0 Å². The van der Waals surface area contributed by atoms with E-state index in [1.54, 1.807) is 56.5 Å². The third kappa shape index (κ3) is 16.7. The highest BCUT2D eigenvalue weighted by Gasteiger charge is 2.27. The molecule has 19 nitrogen and oxygen atoms in total. The minimum Gasteiger partial charge on any atom is -0.508 e. The zero-order chi connectivity index (χ0) is 53.9. The summed E-state index contributed by atoms with van der Waals surface area (Å²) in [5.74, 6) is 1.53. The predicted octanol–water partition coefficient (Wildman–Crippen LogP) is 8.62. The van der Waals surface area contributed by atoms with Gasteiger partial charge in [0.25, 0.3) is 5.91 Å². The van der Waals surface area contributed by atoms with Gasteiger partial charge in [0.2, 0.25) is 11.7 Å². The van der Waals surface area contributed by atoms with E-state index in [0.717, 1.165) is 37.7 Å². The summed E-state index contributed by atoms with van der Waals surface area (Å²) >= 11 is 12.4. The first kappa shape index (κ1) is 57.6. The first-order valence-electron chi connectivity index (χ1n) is 24.3. The van der Waals surface area contributed by atoms with Gasteiger partial charge >= 0.3 is 6.09 Å². The number of anilines is 1. The molecule has 5 aromatic rings. The smallest absolute Gasteiger partial charge is 0.407 e. The molecule has 398 valence electrons. The van der Waals surface area contributed by atoms with Crippen molar-refractivity contribution < 1.29 is 34.1 Å². The molecule has 75 heavy (non-hydrogen) atoms. The van der Waals surface area contributed by atoms with Crippen LogP contribution >= 0.6 is 44.8 Å². The molecule has 3 heterocycles. The Balaban J connectivity index is 0.826. The average molecular weight is 1100 g/mol. The molecule has 0 aliphatic carbocycles. The van der Waals surface area contributed by atoms with Gasteiger partial charge in [-0.3, -0.25) is 29.0 Å². The number of hydrogen-bond donors (Lipinski definition) is 8. The number of amides is 3. The number of piperidine rings is 1. The molecule has 0 unspecified atom stereocenters. The maximum absolute atomic E-state index is 13.1. The number of rotatable bonds is 26. The van der Waals surface area contributed by atoms with Crippen molar-refractivity contribution in [2.24, 2.45) is 10.9 Å². The van der Waals surface area contributed by atoms with E-state index in [1.165, 1.54) is 24.7 Å². The normalized spacial score (nSPS) is 13.2. The number of nitrogen functional groups attached to an aromatic ring is 1. The van der Waals surface area contributed by atoms with Crippen molar-refractivity contribution in [2.45, 2.75) is 59.1 Å². The Bertz CT molecular complexity index is 2840. The van der Waals surface area contributed by atoms with Gasteiger partial charge in [-0.2, -0.15) is 0 Å². The Morgan fingerprint density at radius 2 is 1.67 bits per heavy atom. The van der Waals surface area contributed by atoms with Gasteiger partial charge in [0.1, 0.15) is 30.5 Å². The number of aliphatic imine (C=N–C) groups is 1. The number of halogens is 2. The topological polar surface area (TPSA) is 279 Å². The van der Waals surface area contributed by atoms with Crippen LogP contribution in [0.15, 0.2) is 83.6 Å². The minimum atomic E-state index is -0.556. The van der Waals surface area contributed by atoms with Crippen molar-refractivity contribution in [1.82, 2.24) is 40.6 Å².